The molecule has 1 atom stereocenters. The summed E-state index contributed by atoms with van der Waals surface area (Å²) in [6, 6.07) is 4.57. The minimum Gasteiger partial charge on any atom is -0.338 e. The molecule has 102 valence electrons. The Morgan fingerprint density at radius 3 is 2.95 bits per heavy atom. The highest BCUT2D eigenvalue weighted by Gasteiger charge is 2.41. The molecule has 1 aromatic rings. The van der Waals surface area contributed by atoms with E-state index in [0.29, 0.717) is 10.0 Å². The first-order chi connectivity index (χ1) is 9.10. The molecule has 0 saturated carbocycles. The van der Waals surface area contributed by atoms with Crippen molar-refractivity contribution >= 4 is 21.8 Å². The van der Waals surface area contributed by atoms with E-state index in [4.69, 9.17) is 0 Å². The van der Waals surface area contributed by atoms with Crippen LogP contribution < -0.4 is 5.32 Å². The van der Waals surface area contributed by atoms with E-state index in [0.717, 1.165) is 39.0 Å². The molecular formula is C14H16BrFN2O. The standard InChI is InChI=1S/C14H16BrFN2O/c15-11-2-1-10(7-12(11)16)13(19)18-6-4-14(9-18)3-5-17-8-14/h1-2,7,17H,3-6,8-9H2. The van der Waals surface area contributed by atoms with Crippen molar-refractivity contribution in [3.05, 3.63) is 34.1 Å². The first-order valence-electron chi connectivity index (χ1n) is 6.55. The minimum absolute atomic E-state index is 0.0600. The van der Waals surface area contributed by atoms with Crippen molar-refractivity contribution in [3.8, 4) is 0 Å². The topological polar surface area (TPSA) is 32.3 Å². The Labute approximate surface area is 120 Å². The summed E-state index contributed by atoms with van der Waals surface area (Å²) in [6.07, 6.45) is 2.18. The Hall–Kier alpha value is -0.940. The second-order valence-corrected chi connectivity index (χ2v) is 6.39. The third-order valence-electron chi connectivity index (χ3n) is 4.22. The third kappa shape index (κ3) is 2.41. The van der Waals surface area contributed by atoms with Crippen LogP contribution in [0.15, 0.2) is 22.7 Å². The molecule has 5 heteroatoms. The lowest BCUT2D eigenvalue weighted by molar-refractivity contribution is 0.0775. The molecule has 1 aromatic carbocycles. The molecule has 0 aliphatic carbocycles. The van der Waals surface area contributed by atoms with Gasteiger partial charge in [-0.1, -0.05) is 0 Å². The van der Waals surface area contributed by atoms with E-state index in [-0.39, 0.29) is 17.1 Å². The molecule has 1 N–H and O–H groups in total. The molecule has 19 heavy (non-hydrogen) atoms. The molecule has 3 nitrogen and oxygen atoms in total. The number of likely N-dealkylation sites (tertiary alicyclic amines) is 1. The van der Waals surface area contributed by atoms with Crippen LogP contribution >= 0.6 is 15.9 Å². The molecule has 2 aliphatic heterocycles. The van der Waals surface area contributed by atoms with Gasteiger partial charge in [0.05, 0.1) is 4.47 Å². The van der Waals surface area contributed by atoms with Crippen LogP contribution in [0.3, 0.4) is 0 Å². The summed E-state index contributed by atoms with van der Waals surface area (Å²) in [6.45, 7) is 3.59. The second-order valence-electron chi connectivity index (χ2n) is 5.53. The van der Waals surface area contributed by atoms with Gasteiger partial charge in [-0.05, 0) is 53.5 Å². The van der Waals surface area contributed by atoms with Crippen molar-refractivity contribution in [2.75, 3.05) is 26.2 Å². The molecule has 2 aliphatic rings. The lowest BCUT2D eigenvalue weighted by Crippen LogP contribution is -2.33. The van der Waals surface area contributed by atoms with E-state index in [1.165, 1.54) is 6.07 Å². The number of nitrogens with zero attached hydrogens (tertiary/aromatic N) is 1. The number of benzene rings is 1. The Morgan fingerprint density at radius 1 is 1.42 bits per heavy atom. The molecule has 2 fully saturated rings. The fraction of sp³-hybridized carbons (Fsp3) is 0.500. The van der Waals surface area contributed by atoms with Crippen molar-refractivity contribution in [2.45, 2.75) is 12.8 Å². The van der Waals surface area contributed by atoms with E-state index < -0.39 is 0 Å². The molecule has 2 saturated heterocycles. The molecule has 2 heterocycles. The molecule has 1 amide bonds. The van der Waals surface area contributed by atoms with Crippen LogP contribution in [0.4, 0.5) is 4.39 Å². The zero-order valence-electron chi connectivity index (χ0n) is 10.6. The van der Waals surface area contributed by atoms with E-state index in [1.807, 2.05) is 4.90 Å². The average Bonchev–Trinajstić information content (AvgIpc) is 3.03. The van der Waals surface area contributed by atoms with Gasteiger partial charge < -0.3 is 10.2 Å². The summed E-state index contributed by atoms with van der Waals surface area (Å²) in [5, 5.41) is 3.37. The quantitative estimate of drug-likeness (QED) is 0.859. The van der Waals surface area contributed by atoms with Crippen molar-refractivity contribution < 1.29 is 9.18 Å². The number of halogens is 2. The largest absolute Gasteiger partial charge is 0.338 e. The summed E-state index contributed by atoms with van der Waals surface area (Å²) in [7, 11) is 0. The molecule has 1 unspecified atom stereocenters. The highest BCUT2D eigenvalue weighted by molar-refractivity contribution is 9.10. The molecule has 0 aromatic heterocycles. The Balaban J connectivity index is 1.76. The number of carbonyl (C=O) groups is 1. The summed E-state index contributed by atoms with van der Waals surface area (Å²) >= 11 is 3.10. The number of amides is 1. The third-order valence-corrected chi connectivity index (χ3v) is 4.87. The molecule has 0 bridgehead atoms. The molecule has 0 radical (unpaired) electrons. The number of nitrogens with one attached hydrogen (secondary N) is 1. The van der Waals surface area contributed by atoms with E-state index in [1.54, 1.807) is 12.1 Å². The molecule has 3 rings (SSSR count). The maximum absolute atomic E-state index is 13.5. The van der Waals surface area contributed by atoms with Crippen LogP contribution in [0.25, 0.3) is 0 Å². The minimum atomic E-state index is -0.387. The monoisotopic (exact) mass is 326 g/mol. The number of rotatable bonds is 1. The normalized spacial score (nSPS) is 26.3. The van der Waals surface area contributed by atoms with Gasteiger partial charge in [-0.15, -0.1) is 0 Å². The SMILES string of the molecule is O=C(c1ccc(Br)c(F)c1)N1CCC2(CCNC2)C1. The Kier molecular flexibility index (Phi) is 3.35. The Bertz CT molecular complexity index is 514. The van der Waals surface area contributed by atoms with Crippen LogP contribution in [-0.4, -0.2) is 37.0 Å². The fourth-order valence-corrected chi connectivity index (χ4v) is 3.31. The predicted octanol–water partition coefficient (Wildman–Crippen LogP) is 2.41. The van der Waals surface area contributed by atoms with Gasteiger partial charge in [0.2, 0.25) is 0 Å². The summed E-state index contributed by atoms with van der Waals surface area (Å²) in [5.41, 5.74) is 0.688. The number of hydrogen-bond donors (Lipinski definition) is 1. The van der Waals surface area contributed by atoms with Crippen LogP contribution in [0.2, 0.25) is 0 Å². The predicted molar refractivity (Wildman–Crippen MR) is 74.5 cm³/mol. The van der Waals surface area contributed by atoms with Crippen molar-refractivity contribution in [2.24, 2.45) is 5.41 Å². The van der Waals surface area contributed by atoms with Gasteiger partial charge in [0.25, 0.3) is 5.91 Å². The lowest BCUT2D eigenvalue weighted by atomic mass is 9.86. The van der Waals surface area contributed by atoms with Gasteiger partial charge in [-0.3, -0.25) is 4.79 Å². The smallest absolute Gasteiger partial charge is 0.253 e. The van der Waals surface area contributed by atoms with Crippen LogP contribution in [0.1, 0.15) is 23.2 Å². The van der Waals surface area contributed by atoms with Crippen molar-refractivity contribution in [1.29, 1.82) is 0 Å². The maximum atomic E-state index is 13.5. The van der Waals surface area contributed by atoms with E-state index in [9.17, 15) is 9.18 Å². The van der Waals surface area contributed by atoms with Crippen LogP contribution in [0.5, 0.6) is 0 Å². The Morgan fingerprint density at radius 2 is 2.26 bits per heavy atom. The van der Waals surface area contributed by atoms with Gasteiger partial charge in [0.1, 0.15) is 5.82 Å². The van der Waals surface area contributed by atoms with Crippen molar-refractivity contribution in [3.63, 3.8) is 0 Å². The fourth-order valence-electron chi connectivity index (χ4n) is 3.06. The maximum Gasteiger partial charge on any atom is 0.253 e. The van der Waals surface area contributed by atoms with E-state index >= 15 is 0 Å². The van der Waals surface area contributed by atoms with Crippen LogP contribution in [-0.2, 0) is 0 Å². The van der Waals surface area contributed by atoms with Crippen LogP contribution in [0, 0.1) is 11.2 Å². The van der Waals surface area contributed by atoms with Crippen molar-refractivity contribution in [1.82, 2.24) is 10.2 Å². The molecule has 1 spiro atoms. The lowest BCUT2D eigenvalue weighted by Gasteiger charge is -2.22. The summed E-state index contributed by atoms with van der Waals surface area (Å²) in [5.74, 6) is -0.447. The summed E-state index contributed by atoms with van der Waals surface area (Å²) in [4.78, 5) is 14.2. The van der Waals surface area contributed by atoms with E-state index in [2.05, 4.69) is 21.2 Å². The second kappa shape index (κ2) is 4.87. The zero-order chi connectivity index (χ0) is 13.5. The molecular weight excluding hydrogens is 311 g/mol. The van der Waals surface area contributed by atoms with Gasteiger partial charge in [0, 0.05) is 30.6 Å². The first-order valence-corrected chi connectivity index (χ1v) is 7.34. The highest BCUT2D eigenvalue weighted by Crippen LogP contribution is 2.36. The van der Waals surface area contributed by atoms with Gasteiger partial charge in [0.15, 0.2) is 0 Å². The first kappa shape index (κ1) is 13.1. The zero-order valence-corrected chi connectivity index (χ0v) is 12.2. The van der Waals surface area contributed by atoms with Gasteiger partial charge >= 0.3 is 0 Å². The summed E-state index contributed by atoms with van der Waals surface area (Å²) < 4.78 is 13.9. The number of hydrogen-bond acceptors (Lipinski definition) is 2. The number of carbonyl (C=O) groups excluding carboxylic acids is 1. The van der Waals surface area contributed by atoms with Gasteiger partial charge in [-0.2, -0.15) is 0 Å². The average molecular weight is 327 g/mol. The van der Waals surface area contributed by atoms with Gasteiger partial charge in [-0.25, -0.2) is 4.39 Å². The highest BCUT2D eigenvalue weighted by atomic mass is 79.9.